The van der Waals surface area contributed by atoms with Gasteiger partial charge in [0.25, 0.3) is 0 Å². The van der Waals surface area contributed by atoms with E-state index in [1.165, 1.54) is 0 Å². The van der Waals surface area contributed by atoms with Gasteiger partial charge in [-0.15, -0.1) is 0 Å². The minimum absolute atomic E-state index is 0.405. The summed E-state index contributed by atoms with van der Waals surface area (Å²) in [6.45, 7) is 0. The topological polar surface area (TPSA) is 95.2 Å². The maximum Gasteiger partial charge on any atom is 0.100 e. The van der Waals surface area contributed by atoms with E-state index in [0.29, 0.717) is 49.5 Å². The van der Waals surface area contributed by atoms with Gasteiger partial charge in [0, 0.05) is 27.1 Å². The first-order valence-corrected chi connectivity index (χ1v) is 8.45. The minimum Gasteiger partial charge on any atom is -0.192 e. The van der Waals surface area contributed by atoms with E-state index in [1.54, 1.807) is 24.3 Å². The number of hydrogen-bond donors (Lipinski definition) is 0. The van der Waals surface area contributed by atoms with Crippen molar-refractivity contribution >= 4 is 21.5 Å². The van der Waals surface area contributed by atoms with Crippen LogP contribution >= 0.6 is 0 Å². The van der Waals surface area contributed by atoms with Crippen molar-refractivity contribution in [2.45, 2.75) is 0 Å². The van der Waals surface area contributed by atoms with Gasteiger partial charge in [-0.05, 0) is 23.8 Å². The fraction of sp³-hybridized carbons (Fsp3) is 0. The van der Waals surface area contributed by atoms with Crippen molar-refractivity contribution in [1.29, 1.82) is 21.0 Å². The normalized spacial score (nSPS) is 10.0. The Hall–Kier alpha value is -4.64. The van der Waals surface area contributed by atoms with Crippen molar-refractivity contribution in [3.8, 4) is 35.4 Å². The second-order valence-corrected chi connectivity index (χ2v) is 6.23. The van der Waals surface area contributed by atoms with Crippen molar-refractivity contribution in [3.63, 3.8) is 0 Å². The van der Waals surface area contributed by atoms with Crippen LogP contribution in [-0.2, 0) is 0 Å². The highest BCUT2D eigenvalue weighted by atomic mass is 14.3. The maximum absolute atomic E-state index is 9.95. The average Bonchev–Trinajstić information content (AvgIpc) is 2.76. The van der Waals surface area contributed by atoms with Gasteiger partial charge in [0.2, 0.25) is 0 Å². The van der Waals surface area contributed by atoms with Gasteiger partial charge >= 0.3 is 0 Å². The molecule has 28 heavy (non-hydrogen) atoms. The van der Waals surface area contributed by atoms with Crippen LogP contribution in [0, 0.1) is 45.3 Å². The highest BCUT2D eigenvalue weighted by Crippen LogP contribution is 2.39. The molecule has 0 aromatic heterocycles. The van der Waals surface area contributed by atoms with Crippen LogP contribution in [0.4, 0.5) is 0 Å². The van der Waals surface area contributed by atoms with Crippen molar-refractivity contribution < 1.29 is 0 Å². The number of fused-ring (bicyclic) bond motifs is 2. The van der Waals surface area contributed by atoms with Gasteiger partial charge in [-0.3, -0.25) is 0 Å². The van der Waals surface area contributed by atoms with Crippen LogP contribution in [0.3, 0.4) is 0 Å². The van der Waals surface area contributed by atoms with E-state index in [2.05, 4.69) is 24.3 Å². The Labute approximate surface area is 161 Å². The largest absolute Gasteiger partial charge is 0.192 e. The Kier molecular flexibility index (Phi) is 3.95. The molecule has 0 radical (unpaired) electrons. The number of benzene rings is 4. The lowest BCUT2D eigenvalue weighted by Crippen LogP contribution is -1.94. The predicted molar refractivity (Wildman–Crippen MR) is 106 cm³/mol. The van der Waals surface area contributed by atoms with Crippen molar-refractivity contribution in [2.24, 2.45) is 0 Å². The summed E-state index contributed by atoms with van der Waals surface area (Å²) in [6.07, 6.45) is 0. The van der Waals surface area contributed by atoms with Gasteiger partial charge in [-0.1, -0.05) is 42.5 Å². The van der Waals surface area contributed by atoms with E-state index in [0.717, 1.165) is 5.39 Å². The van der Waals surface area contributed by atoms with Gasteiger partial charge in [-0.2, -0.15) is 21.0 Å². The molecule has 4 rings (SSSR count). The second-order valence-electron chi connectivity index (χ2n) is 6.23. The predicted octanol–water partition coefficient (Wildman–Crippen LogP) is 5.15. The molecule has 0 aliphatic carbocycles. The molecule has 0 atom stereocenters. The van der Waals surface area contributed by atoms with Crippen LogP contribution < -0.4 is 0 Å². The van der Waals surface area contributed by atoms with E-state index in [4.69, 9.17) is 0 Å². The zero-order valence-corrected chi connectivity index (χ0v) is 14.6. The highest BCUT2D eigenvalue weighted by Gasteiger charge is 2.18. The number of rotatable bonds is 1. The molecule has 0 heterocycles. The summed E-state index contributed by atoms with van der Waals surface area (Å²) in [7, 11) is 0. The van der Waals surface area contributed by atoms with Gasteiger partial charge in [-0.25, -0.2) is 0 Å². The molecule has 4 aromatic rings. The lowest BCUT2D eigenvalue weighted by Gasteiger charge is -2.14. The molecular formula is C24H10N4. The molecule has 0 spiro atoms. The average molecular weight is 354 g/mol. The summed E-state index contributed by atoms with van der Waals surface area (Å²) in [5.41, 5.74) is 2.99. The van der Waals surface area contributed by atoms with Gasteiger partial charge in [0.05, 0.1) is 34.4 Å². The first-order valence-electron chi connectivity index (χ1n) is 8.45. The molecule has 126 valence electrons. The third-order valence-corrected chi connectivity index (χ3v) is 4.83. The third kappa shape index (κ3) is 2.35. The Balaban J connectivity index is 2.28. The van der Waals surface area contributed by atoms with Gasteiger partial charge in [0.15, 0.2) is 0 Å². The minimum atomic E-state index is 0.405. The Bertz CT molecular complexity index is 1450. The molecule has 4 heteroatoms. The number of hydrogen-bond acceptors (Lipinski definition) is 4. The fourth-order valence-electron chi connectivity index (χ4n) is 3.62. The van der Waals surface area contributed by atoms with Crippen molar-refractivity contribution in [3.05, 3.63) is 82.9 Å². The molecular weight excluding hydrogens is 344 g/mol. The Morgan fingerprint density at radius 3 is 1.86 bits per heavy atom. The summed E-state index contributed by atoms with van der Waals surface area (Å²) in [4.78, 5) is 0. The third-order valence-electron chi connectivity index (χ3n) is 4.83. The summed E-state index contributed by atoms with van der Waals surface area (Å²) in [5.74, 6) is 0. The monoisotopic (exact) mass is 354 g/mol. The van der Waals surface area contributed by atoms with Crippen molar-refractivity contribution in [2.75, 3.05) is 0 Å². The van der Waals surface area contributed by atoms with Gasteiger partial charge < -0.3 is 0 Å². The quantitative estimate of drug-likeness (QED) is 0.442. The molecule has 0 fully saturated rings. The lowest BCUT2D eigenvalue weighted by atomic mass is 9.86. The SMILES string of the molecule is N#Cc1ccc(C#N)c(-c2cccc3c(C#N)c4ccccc4c(C#N)c23)c1. The second kappa shape index (κ2) is 6.59. The van der Waals surface area contributed by atoms with Gasteiger partial charge in [0.1, 0.15) is 12.1 Å². The molecule has 0 aliphatic rings. The van der Waals surface area contributed by atoms with E-state index in [9.17, 15) is 21.0 Å². The summed E-state index contributed by atoms with van der Waals surface area (Å²) in [5, 5.41) is 41.3. The van der Waals surface area contributed by atoms with Crippen LogP contribution in [0.2, 0.25) is 0 Å². The summed E-state index contributed by atoms with van der Waals surface area (Å²) in [6, 6.07) is 26.4. The first-order chi connectivity index (χ1) is 13.7. The molecule has 0 bridgehead atoms. The summed E-state index contributed by atoms with van der Waals surface area (Å²) >= 11 is 0. The molecule has 4 aromatic carbocycles. The molecule has 0 aliphatic heterocycles. The van der Waals surface area contributed by atoms with Crippen LogP contribution in [0.5, 0.6) is 0 Å². The van der Waals surface area contributed by atoms with E-state index in [1.807, 2.05) is 36.4 Å². The summed E-state index contributed by atoms with van der Waals surface area (Å²) < 4.78 is 0. The zero-order chi connectivity index (χ0) is 19.7. The molecule has 0 unspecified atom stereocenters. The molecule has 0 amide bonds. The van der Waals surface area contributed by atoms with Crippen LogP contribution in [0.1, 0.15) is 22.3 Å². The Morgan fingerprint density at radius 1 is 0.536 bits per heavy atom. The van der Waals surface area contributed by atoms with Crippen LogP contribution in [0.25, 0.3) is 32.7 Å². The first kappa shape index (κ1) is 16.8. The number of nitriles is 4. The molecule has 0 saturated carbocycles. The van der Waals surface area contributed by atoms with Crippen LogP contribution in [0.15, 0.2) is 60.7 Å². The van der Waals surface area contributed by atoms with E-state index >= 15 is 0 Å². The maximum atomic E-state index is 9.95. The molecule has 4 nitrogen and oxygen atoms in total. The van der Waals surface area contributed by atoms with E-state index < -0.39 is 0 Å². The fourth-order valence-corrected chi connectivity index (χ4v) is 3.62. The Morgan fingerprint density at radius 2 is 1.21 bits per heavy atom. The molecule has 0 N–H and O–H groups in total. The number of nitrogens with zero attached hydrogens (tertiary/aromatic N) is 4. The smallest absolute Gasteiger partial charge is 0.100 e. The van der Waals surface area contributed by atoms with Crippen molar-refractivity contribution in [1.82, 2.24) is 0 Å². The standard InChI is InChI=1S/C24H10N4/c25-11-15-8-9-16(12-26)21(10-15)19-6-3-7-20-22(13-27)17-4-1-2-5-18(17)23(14-28)24(19)20/h1-10H. The lowest BCUT2D eigenvalue weighted by molar-refractivity contribution is 1.45. The van der Waals surface area contributed by atoms with Crippen LogP contribution in [-0.4, -0.2) is 0 Å². The highest BCUT2D eigenvalue weighted by molar-refractivity contribution is 6.14. The molecule has 0 saturated heterocycles. The zero-order valence-electron chi connectivity index (χ0n) is 14.6. The van der Waals surface area contributed by atoms with E-state index in [-0.39, 0.29) is 0 Å².